The van der Waals surface area contributed by atoms with Gasteiger partial charge in [-0.1, -0.05) is 47.1 Å². The first-order chi connectivity index (χ1) is 16.4. The first-order valence-electron chi connectivity index (χ1n) is 10.3. The van der Waals surface area contributed by atoms with Crippen LogP contribution in [-0.2, 0) is 17.9 Å². The Labute approximate surface area is 206 Å². The van der Waals surface area contributed by atoms with Crippen LogP contribution in [-0.4, -0.2) is 44.9 Å². The van der Waals surface area contributed by atoms with Gasteiger partial charge in [0.2, 0.25) is 0 Å². The van der Waals surface area contributed by atoms with E-state index in [1.54, 1.807) is 12.1 Å². The van der Waals surface area contributed by atoms with E-state index in [2.05, 4.69) is 32.6 Å². The summed E-state index contributed by atoms with van der Waals surface area (Å²) in [5.74, 6) is 0.575. The van der Waals surface area contributed by atoms with E-state index in [9.17, 15) is 9.90 Å². The summed E-state index contributed by atoms with van der Waals surface area (Å²) in [6, 6.07) is 11.1. The van der Waals surface area contributed by atoms with Crippen molar-refractivity contribution in [1.29, 1.82) is 0 Å². The summed E-state index contributed by atoms with van der Waals surface area (Å²) in [5.41, 5.74) is 5.19. The van der Waals surface area contributed by atoms with E-state index in [1.165, 1.54) is 36.7 Å². The molecule has 0 spiro atoms. The number of methoxy groups -OCH3 is 1. The fourth-order valence-electron chi connectivity index (χ4n) is 2.89. The summed E-state index contributed by atoms with van der Waals surface area (Å²) in [6.07, 6.45) is 3.16. The van der Waals surface area contributed by atoms with Gasteiger partial charge in [-0.25, -0.2) is 5.43 Å². The van der Waals surface area contributed by atoms with Gasteiger partial charge >= 0.3 is 0 Å². The fraction of sp³-hybridized carbons (Fsp3) is 0.217. The highest BCUT2D eigenvalue weighted by Gasteiger charge is 2.13. The Morgan fingerprint density at radius 2 is 2.09 bits per heavy atom. The van der Waals surface area contributed by atoms with Gasteiger partial charge in [0.1, 0.15) is 0 Å². The van der Waals surface area contributed by atoms with Crippen molar-refractivity contribution in [3.05, 3.63) is 71.0 Å². The number of halogens is 1. The Balaban J connectivity index is 1.56. The second-order valence-corrected chi connectivity index (χ2v) is 8.50. The molecule has 3 aromatic rings. The number of benzene rings is 2. The Morgan fingerprint density at radius 1 is 1.32 bits per heavy atom. The Kier molecular flexibility index (Phi) is 8.94. The lowest BCUT2D eigenvalue weighted by molar-refractivity contribution is -0.118. The molecular formula is C23H25ClN6O3S. The lowest BCUT2D eigenvalue weighted by Crippen LogP contribution is -2.20. The van der Waals surface area contributed by atoms with E-state index >= 15 is 0 Å². The second kappa shape index (κ2) is 12.1. The molecule has 1 heterocycles. The number of hydrogen-bond acceptors (Lipinski definition) is 8. The molecule has 0 aliphatic carbocycles. The highest BCUT2D eigenvalue weighted by atomic mass is 35.5. The predicted octanol–water partition coefficient (Wildman–Crippen LogP) is 3.99. The van der Waals surface area contributed by atoms with Gasteiger partial charge in [0.25, 0.3) is 5.91 Å². The molecule has 2 aromatic carbocycles. The molecule has 0 saturated carbocycles. The van der Waals surface area contributed by atoms with Gasteiger partial charge < -0.3 is 19.7 Å². The van der Waals surface area contributed by atoms with Crippen molar-refractivity contribution in [3.8, 4) is 11.5 Å². The normalized spacial score (nSPS) is 10.9. The van der Waals surface area contributed by atoms with E-state index in [4.69, 9.17) is 16.3 Å². The molecule has 178 valence electrons. The fourth-order valence-corrected chi connectivity index (χ4v) is 3.86. The van der Waals surface area contributed by atoms with Crippen LogP contribution < -0.4 is 15.5 Å². The van der Waals surface area contributed by atoms with Gasteiger partial charge in [-0.05, 0) is 36.8 Å². The van der Waals surface area contributed by atoms with Crippen molar-refractivity contribution in [2.24, 2.45) is 5.10 Å². The zero-order chi connectivity index (χ0) is 24.5. The minimum absolute atomic E-state index is 0.0949. The third kappa shape index (κ3) is 6.75. The van der Waals surface area contributed by atoms with E-state index in [0.717, 1.165) is 11.5 Å². The molecule has 0 aliphatic heterocycles. The van der Waals surface area contributed by atoms with Crippen molar-refractivity contribution in [2.75, 3.05) is 18.2 Å². The zero-order valence-corrected chi connectivity index (χ0v) is 20.4. The topological polar surface area (TPSA) is 114 Å². The van der Waals surface area contributed by atoms with Crippen LogP contribution in [0, 0.1) is 6.92 Å². The maximum atomic E-state index is 12.2. The molecule has 34 heavy (non-hydrogen) atoms. The number of nitrogens with zero attached hydrogens (tertiary/aromatic N) is 4. The molecule has 3 rings (SSSR count). The number of phenolic OH excluding ortho intramolecular Hbond substituents is 1. The molecular weight excluding hydrogens is 476 g/mol. The first kappa shape index (κ1) is 25.1. The molecule has 1 aromatic heterocycles. The van der Waals surface area contributed by atoms with Crippen molar-refractivity contribution in [1.82, 2.24) is 20.2 Å². The maximum absolute atomic E-state index is 12.2. The number of amides is 1. The number of aromatic hydroxyl groups is 1. The minimum Gasteiger partial charge on any atom is -0.503 e. The van der Waals surface area contributed by atoms with Crippen LogP contribution >= 0.6 is 23.4 Å². The lowest BCUT2D eigenvalue weighted by Gasteiger charge is -2.09. The summed E-state index contributed by atoms with van der Waals surface area (Å²) in [4.78, 5) is 12.2. The van der Waals surface area contributed by atoms with Gasteiger partial charge in [0, 0.05) is 12.2 Å². The number of nitrogens with one attached hydrogen (secondary N) is 2. The Bertz CT molecular complexity index is 1180. The third-order valence-electron chi connectivity index (χ3n) is 4.61. The monoisotopic (exact) mass is 500 g/mol. The SMILES string of the molecule is C=CCn1c(CNc2ccc(C)cc2)nnc1SCC(=O)N/N=C/c1cc(Cl)c(O)c(OC)c1. The molecule has 3 N–H and O–H groups in total. The van der Waals surface area contributed by atoms with Crippen LogP contribution in [0.4, 0.5) is 5.69 Å². The maximum Gasteiger partial charge on any atom is 0.250 e. The van der Waals surface area contributed by atoms with Crippen molar-refractivity contribution < 1.29 is 14.6 Å². The third-order valence-corrected chi connectivity index (χ3v) is 5.87. The van der Waals surface area contributed by atoms with Crippen LogP contribution in [0.5, 0.6) is 11.5 Å². The molecule has 0 radical (unpaired) electrons. The standard InChI is InChI=1S/C23H25ClN6O3S/c1-4-9-30-20(13-25-17-7-5-15(2)6-8-17)27-29-23(30)34-14-21(31)28-26-12-16-10-18(24)22(32)19(11-16)33-3/h4-8,10-12,25,32H,1,9,13-14H2,2-3H3,(H,28,31)/b26-12+. The smallest absolute Gasteiger partial charge is 0.250 e. The summed E-state index contributed by atoms with van der Waals surface area (Å²) in [6.45, 7) is 6.84. The first-order valence-corrected chi connectivity index (χ1v) is 11.6. The largest absolute Gasteiger partial charge is 0.503 e. The number of carbonyl (C=O) groups excluding carboxylic acids is 1. The van der Waals surface area contributed by atoms with Crippen LogP contribution in [0.15, 0.2) is 59.3 Å². The number of anilines is 1. The molecule has 11 heteroatoms. The second-order valence-electron chi connectivity index (χ2n) is 7.15. The summed E-state index contributed by atoms with van der Waals surface area (Å²) >= 11 is 7.20. The summed E-state index contributed by atoms with van der Waals surface area (Å²) in [7, 11) is 1.42. The number of aromatic nitrogens is 3. The van der Waals surface area contributed by atoms with Gasteiger partial charge in [-0.3, -0.25) is 4.79 Å². The van der Waals surface area contributed by atoms with E-state index in [-0.39, 0.29) is 28.2 Å². The Hall–Kier alpha value is -3.50. The minimum atomic E-state index is -0.314. The molecule has 1 amide bonds. The van der Waals surface area contributed by atoms with Crippen LogP contribution in [0.25, 0.3) is 0 Å². The molecule has 0 fully saturated rings. The van der Waals surface area contributed by atoms with E-state index < -0.39 is 0 Å². The Morgan fingerprint density at radius 3 is 2.79 bits per heavy atom. The number of allylic oxidation sites excluding steroid dienone is 1. The predicted molar refractivity (Wildman–Crippen MR) is 135 cm³/mol. The summed E-state index contributed by atoms with van der Waals surface area (Å²) < 4.78 is 6.95. The van der Waals surface area contributed by atoms with Gasteiger partial charge in [-0.2, -0.15) is 5.10 Å². The van der Waals surface area contributed by atoms with E-state index in [0.29, 0.717) is 23.8 Å². The average molecular weight is 501 g/mol. The number of thioether (sulfide) groups is 1. The van der Waals surface area contributed by atoms with E-state index in [1.807, 2.05) is 35.8 Å². The molecule has 0 bridgehead atoms. The molecule has 0 saturated heterocycles. The summed E-state index contributed by atoms with van der Waals surface area (Å²) in [5, 5.41) is 26.2. The van der Waals surface area contributed by atoms with Gasteiger partial charge in [-0.15, -0.1) is 16.8 Å². The van der Waals surface area contributed by atoms with Gasteiger partial charge in [0.15, 0.2) is 22.5 Å². The van der Waals surface area contributed by atoms with Crippen LogP contribution in [0.1, 0.15) is 17.0 Å². The zero-order valence-electron chi connectivity index (χ0n) is 18.8. The lowest BCUT2D eigenvalue weighted by atomic mass is 10.2. The van der Waals surface area contributed by atoms with Crippen molar-refractivity contribution in [3.63, 3.8) is 0 Å². The number of hydrogen-bond donors (Lipinski definition) is 3. The van der Waals surface area contributed by atoms with Crippen molar-refractivity contribution >= 4 is 41.2 Å². The number of hydrazone groups is 1. The van der Waals surface area contributed by atoms with Crippen molar-refractivity contribution in [2.45, 2.75) is 25.2 Å². The number of rotatable bonds is 11. The molecule has 9 nitrogen and oxygen atoms in total. The molecule has 0 aliphatic rings. The highest BCUT2D eigenvalue weighted by molar-refractivity contribution is 7.99. The number of phenols is 1. The average Bonchev–Trinajstić information content (AvgIpc) is 3.21. The van der Waals surface area contributed by atoms with Crippen LogP contribution in [0.2, 0.25) is 5.02 Å². The molecule has 0 unspecified atom stereocenters. The number of carbonyl (C=O) groups is 1. The quantitative estimate of drug-likeness (QED) is 0.158. The highest BCUT2D eigenvalue weighted by Crippen LogP contribution is 2.34. The molecule has 0 atom stereocenters. The van der Waals surface area contributed by atoms with Crippen LogP contribution in [0.3, 0.4) is 0 Å². The van der Waals surface area contributed by atoms with Gasteiger partial charge in [0.05, 0.1) is 30.6 Å². The number of ether oxygens (including phenoxy) is 1. The number of aryl methyl sites for hydroxylation is 1.